The third-order valence-electron chi connectivity index (χ3n) is 6.64. The van der Waals surface area contributed by atoms with Crippen molar-refractivity contribution in [2.75, 3.05) is 19.8 Å². The van der Waals surface area contributed by atoms with Gasteiger partial charge in [-0.3, -0.25) is 0 Å². The molecule has 0 saturated carbocycles. The van der Waals surface area contributed by atoms with Crippen molar-refractivity contribution in [3.63, 3.8) is 0 Å². The van der Waals surface area contributed by atoms with Crippen LogP contribution in [0.1, 0.15) is 60.1 Å². The Balaban J connectivity index is 1.68. The average Bonchev–Trinajstić information content (AvgIpc) is 2.71. The van der Waals surface area contributed by atoms with E-state index in [1.54, 1.807) is 0 Å². The van der Waals surface area contributed by atoms with Crippen molar-refractivity contribution < 1.29 is 18.6 Å². The highest BCUT2D eigenvalue weighted by Crippen LogP contribution is 2.56. The molecule has 1 aromatic rings. The lowest BCUT2D eigenvalue weighted by Gasteiger charge is -2.60. The first-order valence-electron chi connectivity index (χ1n) is 10.2. The molecule has 29 heavy (non-hydrogen) atoms. The molecule has 4 rings (SSSR count). The van der Waals surface area contributed by atoms with Crippen molar-refractivity contribution in [1.29, 1.82) is 0 Å². The smallest absolute Gasteiger partial charge is 0.494 e. The molecule has 8 heteroatoms. The van der Waals surface area contributed by atoms with Gasteiger partial charge in [-0.25, -0.2) is 0 Å². The molecule has 0 N–H and O–H groups in total. The predicted molar refractivity (Wildman–Crippen MR) is 118 cm³/mol. The maximum Gasteiger partial charge on any atom is 0.494 e. The Bertz CT molecular complexity index is 792. The van der Waals surface area contributed by atoms with E-state index >= 15 is 0 Å². The van der Waals surface area contributed by atoms with Gasteiger partial charge in [-0.15, -0.1) is 4.31 Å². The first-order chi connectivity index (χ1) is 13.3. The van der Waals surface area contributed by atoms with E-state index in [0.29, 0.717) is 18.2 Å². The molecule has 0 radical (unpaired) electrons. The van der Waals surface area contributed by atoms with Crippen molar-refractivity contribution in [3.05, 3.63) is 28.8 Å². The summed E-state index contributed by atoms with van der Waals surface area (Å²) >= 11 is 5.42. The minimum Gasteiger partial charge on any atom is -0.597 e. The Morgan fingerprint density at radius 1 is 1.10 bits per heavy atom. The standard InChI is InChI=1S/C21H31BClNO4S/c1-18(2,3)29(25)24-11-21(12-26-13-21)17(24)14-8-15(10-16(23)9-14)22-27-19(4,5)20(6,7)28-22/h8-10,17H,11-13H2,1-7H3. The minimum absolute atomic E-state index is 0.0104. The average molecular weight is 440 g/mol. The van der Waals surface area contributed by atoms with E-state index in [9.17, 15) is 4.55 Å². The lowest BCUT2D eigenvalue weighted by Crippen LogP contribution is -2.70. The molecule has 2 atom stereocenters. The Kier molecular flexibility index (Phi) is 5.19. The van der Waals surface area contributed by atoms with Crippen LogP contribution in [0.15, 0.2) is 18.2 Å². The van der Waals surface area contributed by atoms with Crippen LogP contribution in [0.3, 0.4) is 0 Å². The van der Waals surface area contributed by atoms with Crippen LogP contribution in [0.25, 0.3) is 0 Å². The van der Waals surface area contributed by atoms with E-state index in [0.717, 1.165) is 17.6 Å². The van der Waals surface area contributed by atoms with Gasteiger partial charge in [-0.1, -0.05) is 17.7 Å². The Morgan fingerprint density at radius 3 is 2.17 bits per heavy atom. The largest absolute Gasteiger partial charge is 0.597 e. The minimum atomic E-state index is -1.11. The van der Waals surface area contributed by atoms with Gasteiger partial charge in [0.2, 0.25) is 0 Å². The molecule has 0 aliphatic carbocycles. The second-order valence-corrected chi connectivity index (χ2v) is 13.2. The van der Waals surface area contributed by atoms with Crippen LogP contribution >= 0.6 is 11.6 Å². The van der Waals surface area contributed by atoms with E-state index in [4.69, 9.17) is 25.6 Å². The monoisotopic (exact) mass is 439 g/mol. The zero-order valence-electron chi connectivity index (χ0n) is 18.4. The third-order valence-corrected chi connectivity index (χ3v) is 8.67. The number of hydrogen-bond acceptors (Lipinski definition) is 5. The number of rotatable bonds is 3. The molecule has 5 nitrogen and oxygen atoms in total. The van der Waals surface area contributed by atoms with Gasteiger partial charge in [-0.2, -0.15) is 0 Å². The van der Waals surface area contributed by atoms with Crippen LogP contribution in [0.2, 0.25) is 5.02 Å². The molecule has 0 bridgehead atoms. The number of benzene rings is 1. The molecule has 3 fully saturated rings. The fourth-order valence-electron chi connectivity index (χ4n) is 4.23. The van der Waals surface area contributed by atoms with Crippen LogP contribution in [-0.4, -0.2) is 51.7 Å². The molecule has 3 heterocycles. The van der Waals surface area contributed by atoms with Crippen molar-refractivity contribution in [2.24, 2.45) is 5.41 Å². The molecule has 0 aromatic heterocycles. The van der Waals surface area contributed by atoms with Crippen molar-refractivity contribution in [2.45, 2.75) is 70.5 Å². The number of nitrogens with zero attached hydrogens (tertiary/aromatic N) is 1. The zero-order valence-corrected chi connectivity index (χ0v) is 19.9. The van der Waals surface area contributed by atoms with Gasteiger partial charge in [0.05, 0.1) is 42.4 Å². The molecule has 3 aliphatic rings. The number of ether oxygens (including phenoxy) is 1. The Morgan fingerprint density at radius 2 is 1.69 bits per heavy atom. The van der Waals surface area contributed by atoms with Gasteiger partial charge in [0.1, 0.15) is 4.75 Å². The van der Waals surface area contributed by atoms with E-state index in [2.05, 4.69) is 10.4 Å². The van der Waals surface area contributed by atoms with E-state index in [-0.39, 0.29) is 16.2 Å². The first-order valence-corrected chi connectivity index (χ1v) is 11.7. The summed E-state index contributed by atoms with van der Waals surface area (Å²) in [7, 11) is -0.479. The summed E-state index contributed by atoms with van der Waals surface area (Å²) in [6.45, 7) is 16.3. The maximum absolute atomic E-state index is 13.2. The molecule has 1 spiro atoms. The summed E-state index contributed by atoms with van der Waals surface area (Å²) in [4.78, 5) is 0. The molecule has 3 saturated heterocycles. The van der Waals surface area contributed by atoms with Crippen LogP contribution < -0.4 is 5.46 Å². The second kappa shape index (κ2) is 6.86. The summed E-state index contributed by atoms with van der Waals surface area (Å²) in [6.07, 6.45) is 0. The summed E-state index contributed by atoms with van der Waals surface area (Å²) in [5.41, 5.74) is 1.13. The van der Waals surface area contributed by atoms with E-state index < -0.39 is 29.7 Å². The van der Waals surface area contributed by atoms with Crippen LogP contribution in [0.4, 0.5) is 0 Å². The lowest BCUT2D eigenvalue weighted by atomic mass is 9.67. The Hall–Kier alpha value is -0.275. The second-order valence-electron chi connectivity index (χ2n) is 10.6. The summed E-state index contributed by atoms with van der Waals surface area (Å²) in [5.74, 6) is 0. The third kappa shape index (κ3) is 3.57. The van der Waals surface area contributed by atoms with Crippen LogP contribution in [0, 0.1) is 5.41 Å². The van der Waals surface area contributed by atoms with Crippen LogP contribution in [0.5, 0.6) is 0 Å². The maximum atomic E-state index is 13.2. The van der Waals surface area contributed by atoms with E-state index in [1.807, 2.05) is 60.6 Å². The summed E-state index contributed by atoms with van der Waals surface area (Å²) in [6, 6.07) is 6.00. The SMILES string of the molecule is CC(C)(C)[S+]([O-])N1CC2(COC2)C1c1cc(Cl)cc(B2OC(C)(C)C(C)(C)O2)c1. The molecule has 160 valence electrons. The number of hydrogen-bond donors (Lipinski definition) is 0. The molecular weight excluding hydrogens is 409 g/mol. The topological polar surface area (TPSA) is 54.0 Å². The predicted octanol–water partition coefficient (Wildman–Crippen LogP) is 3.47. The Labute approximate surface area is 182 Å². The van der Waals surface area contributed by atoms with Gasteiger partial charge in [0.25, 0.3) is 0 Å². The molecule has 2 unspecified atom stereocenters. The quantitative estimate of drug-likeness (QED) is 0.533. The fraction of sp³-hybridized carbons (Fsp3) is 0.714. The van der Waals surface area contributed by atoms with Crippen molar-refractivity contribution in [1.82, 2.24) is 4.31 Å². The lowest BCUT2D eigenvalue weighted by molar-refractivity contribution is -0.205. The van der Waals surface area contributed by atoms with Crippen molar-refractivity contribution >= 4 is 35.5 Å². The van der Waals surface area contributed by atoms with Gasteiger partial charge in [0.15, 0.2) is 0 Å². The molecule has 0 amide bonds. The molecule has 3 aliphatic heterocycles. The van der Waals surface area contributed by atoms with Crippen molar-refractivity contribution in [3.8, 4) is 0 Å². The van der Waals surface area contributed by atoms with E-state index in [1.165, 1.54) is 0 Å². The fourth-order valence-corrected chi connectivity index (χ4v) is 6.10. The van der Waals surface area contributed by atoms with Gasteiger partial charge < -0.3 is 18.6 Å². The highest BCUT2D eigenvalue weighted by Gasteiger charge is 2.64. The zero-order chi connectivity index (χ0) is 21.4. The summed E-state index contributed by atoms with van der Waals surface area (Å²) in [5, 5.41) is 0.635. The summed E-state index contributed by atoms with van der Waals surface area (Å²) < 4.78 is 33.0. The molecular formula is C21H31BClNO4S. The van der Waals surface area contributed by atoms with Gasteiger partial charge in [0, 0.05) is 16.4 Å². The van der Waals surface area contributed by atoms with Crippen LogP contribution in [-0.2, 0) is 25.4 Å². The van der Waals surface area contributed by atoms with Gasteiger partial charge >= 0.3 is 7.12 Å². The van der Waals surface area contributed by atoms with Gasteiger partial charge in [-0.05, 0) is 71.6 Å². The molecule has 1 aromatic carbocycles. The first kappa shape index (κ1) is 21.9. The number of halogens is 1. The highest BCUT2D eigenvalue weighted by atomic mass is 35.5. The normalized spacial score (nSPS) is 28.9. The highest BCUT2D eigenvalue weighted by molar-refractivity contribution is 7.90.